The number of anilines is 1. The highest BCUT2D eigenvalue weighted by Gasteiger charge is 2.17. The number of aromatic nitrogens is 3. The van der Waals surface area contributed by atoms with Gasteiger partial charge in [-0.3, -0.25) is 0 Å². The molecule has 11 nitrogen and oxygen atoms in total. The van der Waals surface area contributed by atoms with Crippen molar-refractivity contribution in [3.63, 3.8) is 0 Å². The summed E-state index contributed by atoms with van der Waals surface area (Å²) in [5, 5.41) is 29.2. The van der Waals surface area contributed by atoms with E-state index in [1.165, 1.54) is 29.5 Å². The maximum Gasteiger partial charge on any atom is 0.336 e. The van der Waals surface area contributed by atoms with Crippen LogP contribution in [0.1, 0.15) is 43.0 Å². The summed E-state index contributed by atoms with van der Waals surface area (Å²) < 4.78 is 23.1. The predicted octanol–water partition coefficient (Wildman–Crippen LogP) is 9.22. The zero-order valence-corrected chi connectivity index (χ0v) is 34.0. The molecule has 0 aliphatic heterocycles. The number of carbonyl (C=O) groups is 2. The molecule has 0 fully saturated rings. The molecule has 302 valence electrons. The summed E-state index contributed by atoms with van der Waals surface area (Å²) in [6.07, 6.45) is 3.68. The van der Waals surface area contributed by atoms with Gasteiger partial charge in [-0.25, -0.2) is 28.1 Å². The lowest BCUT2D eigenvalue weighted by Gasteiger charge is -2.10. The van der Waals surface area contributed by atoms with Gasteiger partial charge in [0.1, 0.15) is 0 Å². The molecule has 0 saturated heterocycles. The van der Waals surface area contributed by atoms with Crippen molar-refractivity contribution in [2.24, 2.45) is 5.14 Å². The van der Waals surface area contributed by atoms with Gasteiger partial charge in [-0.05, 0) is 101 Å². The number of hydrogen-bond acceptors (Lipinski definition) is 7. The summed E-state index contributed by atoms with van der Waals surface area (Å²) in [4.78, 5) is 34.4. The van der Waals surface area contributed by atoms with Crippen LogP contribution in [0.25, 0.3) is 55.3 Å². The third kappa shape index (κ3) is 8.86. The minimum Gasteiger partial charge on any atom is -0.478 e. The number of carboxylic acid groups (broad SMARTS) is 2. The van der Waals surface area contributed by atoms with Crippen molar-refractivity contribution in [3.05, 3.63) is 185 Å². The summed E-state index contributed by atoms with van der Waals surface area (Å²) in [5.74, 6) is 10.2. The fourth-order valence-corrected chi connectivity index (χ4v) is 8.00. The zero-order valence-electron chi connectivity index (χ0n) is 32.4. The van der Waals surface area contributed by atoms with Crippen molar-refractivity contribution in [3.8, 4) is 57.2 Å². The van der Waals surface area contributed by atoms with Crippen LogP contribution in [0, 0.1) is 23.7 Å². The Kier molecular flexibility index (Phi) is 11.2. The summed E-state index contributed by atoms with van der Waals surface area (Å²) in [6.45, 7) is 0. The molecule has 0 amide bonds. The van der Waals surface area contributed by atoms with E-state index in [0.29, 0.717) is 38.5 Å². The molecule has 8 N–H and O–H groups in total. The molecule has 0 spiro atoms. The lowest BCUT2D eigenvalue weighted by atomic mass is 9.93. The molecule has 0 aliphatic carbocycles. The highest BCUT2D eigenvalue weighted by atomic mass is 32.2. The number of benzene rings is 6. The van der Waals surface area contributed by atoms with E-state index >= 15 is 0 Å². The van der Waals surface area contributed by atoms with Crippen molar-refractivity contribution >= 4 is 60.2 Å². The van der Waals surface area contributed by atoms with E-state index in [-0.39, 0.29) is 16.0 Å². The van der Waals surface area contributed by atoms with Crippen LogP contribution in [0.3, 0.4) is 0 Å². The SMILES string of the molecule is NS(=O)(=O)c1cccc(C#Cc2cccc(C(=O)O)c2-c2ccc3cc[nH]c3c2)c1.Nc1nc(-c2ccc(C#Cc3cccc(C(=O)O)c3-c3ccc4cc[nH]c4c3)cc2)cs1. The van der Waals surface area contributed by atoms with Crippen molar-refractivity contribution in [1.29, 1.82) is 0 Å². The number of thiazole rings is 1. The van der Waals surface area contributed by atoms with Gasteiger partial charge < -0.3 is 25.9 Å². The third-order valence-corrected chi connectivity index (χ3v) is 11.4. The predicted molar refractivity (Wildman–Crippen MR) is 243 cm³/mol. The van der Waals surface area contributed by atoms with Gasteiger partial charge in [0.15, 0.2) is 5.13 Å². The van der Waals surface area contributed by atoms with Crippen LogP contribution >= 0.6 is 11.3 Å². The van der Waals surface area contributed by atoms with Crippen LogP contribution in [-0.4, -0.2) is 45.5 Å². The topological polar surface area (TPSA) is 205 Å². The quantitative estimate of drug-likeness (QED) is 0.0888. The minimum absolute atomic E-state index is 0.0361. The molecule has 0 saturated carbocycles. The third-order valence-electron chi connectivity index (χ3n) is 9.83. The van der Waals surface area contributed by atoms with Crippen LogP contribution in [-0.2, 0) is 10.0 Å². The number of H-pyrrole nitrogens is 2. The van der Waals surface area contributed by atoms with Crippen molar-refractivity contribution in [2.45, 2.75) is 4.90 Å². The largest absolute Gasteiger partial charge is 0.478 e. The molecular formula is C49H33N5O6S2. The first-order valence-corrected chi connectivity index (χ1v) is 21.2. The normalized spacial score (nSPS) is 10.9. The Labute approximate surface area is 359 Å². The number of sulfonamides is 1. The van der Waals surface area contributed by atoms with E-state index in [4.69, 9.17) is 10.9 Å². The maximum absolute atomic E-state index is 11.9. The lowest BCUT2D eigenvalue weighted by molar-refractivity contribution is 0.0687. The van der Waals surface area contributed by atoms with E-state index < -0.39 is 22.0 Å². The number of fused-ring (bicyclic) bond motifs is 2. The molecule has 3 heterocycles. The first kappa shape index (κ1) is 40.6. The van der Waals surface area contributed by atoms with Crippen LogP contribution in [0.5, 0.6) is 0 Å². The number of carboxylic acids is 2. The monoisotopic (exact) mass is 851 g/mol. The number of rotatable bonds is 6. The van der Waals surface area contributed by atoms with Crippen LogP contribution in [0.4, 0.5) is 5.13 Å². The van der Waals surface area contributed by atoms with E-state index in [2.05, 4.69) is 38.6 Å². The standard InChI is InChI=1S/C26H17N3O2S.C23H16N2O4S/c27-26-29-23(15-32-26)17-7-4-16(5-8-17)6-9-19-2-1-3-21(25(30)31)24(19)20-11-10-18-12-13-28-22(18)14-20;24-30(28,29)19-5-1-3-15(13-19)7-8-17-4-2-6-20(23(26)27)22(17)18-10-9-16-11-12-25-21(16)14-18/h1-5,7-8,10-15,28H,(H2,27,29)(H,30,31);1-6,9-14,25H,(H,26,27)(H2,24,28,29). The van der Waals surface area contributed by atoms with Gasteiger partial charge in [0.25, 0.3) is 0 Å². The Hall–Kier alpha value is -8.20. The second-order valence-corrected chi connectivity index (χ2v) is 16.3. The van der Waals surface area contributed by atoms with Gasteiger partial charge in [0, 0.05) is 67.8 Å². The van der Waals surface area contributed by atoms with Gasteiger partial charge in [-0.1, -0.05) is 78.3 Å². The van der Waals surface area contributed by atoms with Crippen LogP contribution < -0.4 is 10.9 Å². The molecule has 9 rings (SSSR count). The molecule has 6 aromatic carbocycles. The average molecular weight is 852 g/mol. The van der Waals surface area contributed by atoms with Gasteiger partial charge in [0.2, 0.25) is 10.0 Å². The molecule has 0 atom stereocenters. The summed E-state index contributed by atoms with van der Waals surface area (Å²) in [6, 6.07) is 39.2. The second kappa shape index (κ2) is 17.2. The van der Waals surface area contributed by atoms with Crippen molar-refractivity contribution < 1.29 is 28.2 Å². The second-order valence-electron chi connectivity index (χ2n) is 13.8. The highest BCUT2D eigenvalue weighted by molar-refractivity contribution is 7.89. The Morgan fingerprint density at radius 2 is 1.11 bits per heavy atom. The lowest BCUT2D eigenvalue weighted by Crippen LogP contribution is -2.11. The van der Waals surface area contributed by atoms with Crippen molar-refractivity contribution in [2.75, 3.05) is 5.73 Å². The Balaban J connectivity index is 0.000000171. The first-order chi connectivity index (χ1) is 29.9. The van der Waals surface area contributed by atoms with E-state index in [9.17, 15) is 28.2 Å². The first-order valence-electron chi connectivity index (χ1n) is 18.8. The average Bonchev–Trinajstić information content (AvgIpc) is 4.06. The summed E-state index contributed by atoms with van der Waals surface area (Å²) in [7, 11) is -3.84. The molecule has 0 unspecified atom stereocenters. The van der Waals surface area contributed by atoms with Gasteiger partial charge in [-0.15, -0.1) is 11.3 Å². The summed E-state index contributed by atoms with van der Waals surface area (Å²) >= 11 is 1.40. The molecular weight excluding hydrogens is 819 g/mol. The van der Waals surface area contributed by atoms with Crippen molar-refractivity contribution in [1.82, 2.24) is 15.0 Å². The van der Waals surface area contributed by atoms with Crippen LogP contribution in [0.2, 0.25) is 0 Å². The zero-order chi connectivity index (χ0) is 43.4. The number of nitrogens with one attached hydrogen (secondary N) is 2. The Morgan fingerprint density at radius 1 is 0.597 bits per heavy atom. The fraction of sp³-hybridized carbons (Fsp3) is 0. The molecule has 9 aromatic rings. The molecule has 13 heteroatoms. The van der Waals surface area contributed by atoms with Gasteiger partial charge >= 0.3 is 11.9 Å². The molecule has 62 heavy (non-hydrogen) atoms. The van der Waals surface area contributed by atoms with E-state index in [0.717, 1.165) is 44.2 Å². The minimum atomic E-state index is -3.84. The number of hydrogen-bond donors (Lipinski definition) is 6. The maximum atomic E-state index is 11.9. The molecule has 0 radical (unpaired) electrons. The smallest absolute Gasteiger partial charge is 0.336 e. The van der Waals surface area contributed by atoms with Gasteiger partial charge in [-0.2, -0.15) is 0 Å². The van der Waals surface area contributed by atoms with E-state index in [1.54, 1.807) is 36.4 Å². The van der Waals surface area contributed by atoms with Crippen LogP contribution in [0.15, 0.2) is 156 Å². The number of nitrogens with zero attached hydrogens (tertiary/aromatic N) is 1. The van der Waals surface area contributed by atoms with Gasteiger partial charge in [0.05, 0.1) is 21.7 Å². The fourth-order valence-electron chi connectivity index (χ4n) is 6.87. The number of aromatic amines is 2. The summed E-state index contributed by atoms with van der Waals surface area (Å²) in [5.41, 5.74) is 14.8. The number of aromatic carboxylic acids is 2. The highest BCUT2D eigenvalue weighted by Crippen LogP contribution is 2.32. The molecule has 3 aromatic heterocycles. The Bertz CT molecular complexity index is 3430. The van der Waals surface area contributed by atoms with E-state index in [1.807, 2.05) is 96.6 Å². The number of primary sulfonamides is 1. The Morgan fingerprint density at radius 3 is 1.61 bits per heavy atom. The molecule has 0 aliphatic rings. The number of nitrogen functional groups attached to an aromatic ring is 1. The molecule has 0 bridgehead atoms. The number of nitrogens with two attached hydrogens (primary N) is 2.